The number of hydrogen-bond donors (Lipinski definition) is 2. The van der Waals surface area contributed by atoms with Crippen molar-refractivity contribution in [3.05, 3.63) is 28.5 Å². The van der Waals surface area contributed by atoms with E-state index in [9.17, 15) is 14.7 Å². The van der Waals surface area contributed by atoms with Crippen LogP contribution in [0.25, 0.3) is 0 Å². The Balaban J connectivity index is 3.06. The molecule has 0 saturated carbocycles. The molecule has 1 aromatic rings. The molecule has 0 bridgehead atoms. The van der Waals surface area contributed by atoms with Crippen LogP contribution in [0.5, 0.6) is 0 Å². The third kappa shape index (κ3) is 4.70. The van der Waals surface area contributed by atoms with E-state index in [4.69, 9.17) is 11.6 Å². The molecular weight excluding hydrogens is 292 g/mol. The van der Waals surface area contributed by atoms with Crippen LogP contribution >= 0.6 is 11.6 Å². The number of carboxylic acids is 1. The quantitative estimate of drug-likeness (QED) is 0.837. The average molecular weight is 313 g/mol. The highest BCUT2D eigenvalue weighted by Crippen LogP contribution is 2.21. The predicted octanol–water partition coefficient (Wildman–Crippen LogP) is 3.09. The van der Waals surface area contributed by atoms with Gasteiger partial charge in [0.2, 0.25) is 0 Å². The van der Waals surface area contributed by atoms with Crippen molar-refractivity contribution < 1.29 is 14.7 Å². The van der Waals surface area contributed by atoms with Gasteiger partial charge in [0.05, 0.1) is 0 Å². The lowest BCUT2D eigenvalue weighted by molar-refractivity contribution is -0.142. The van der Waals surface area contributed by atoms with Crippen LogP contribution in [0.4, 0.5) is 0 Å². The van der Waals surface area contributed by atoms with E-state index in [1.54, 1.807) is 26.8 Å². The fourth-order valence-corrected chi connectivity index (χ4v) is 2.02. The molecule has 0 saturated heterocycles. The second-order valence-electron chi connectivity index (χ2n) is 6.37. The third-order valence-corrected chi connectivity index (χ3v) is 3.25. The Morgan fingerprint density at radius 3 is 2.29 bits per heavy atom. The molecule has 1 rings (SSSR count). The van der Waals surface area contributed by atoms with E-state index in [1.165, 1.54) is 6.07 Å². The Morgan fingerprint density at radius 2 is 1.86 bits per heavy atom. The normalized spacial score (nSPS) is 13.1. The van der Waals surface area contributed by atoms with Gasteiger partial charge in [-0.25, -0.2) is 9.78 Å². The van der Waals surface area contributed by atoms with Gasteiger partial charge < -0.3 is 10.4 Å². The first-order valence-electron chi connectivity index (χ1n) is 6.73. The molecular formula is C15H21ClN2O3. The summed E-state index contributed by atoms with van der Waals surface area (Å²) < 4.78 is 0. The van der Waals surface area contributed by atoms with Gasteiger partial charge in [0, 0.05) is 11.3 Å². The first kappa shape index (κ1) is 17.4. The Morgan fingerprint density at radius 1 is 1.29 bits per heavy atom. The zero-order valence-corrected chi connectivity index (χ0v) is 13.7. The van der Waals surface area contributed by atoms with Crippen LogP contribution in [0, 0.1) is 5.41 Å². The molecule has 1 amide bonds. The molecule has 0 aliphatic rings. The summed E-state index contributed by atoms with van der Waals surface area (Å²) >= 11 is 5.92. The topological polar surface area (TPSA) is 79.3 Å². The van der Waals surface area contributed by atoms with Gasteiger partial charge in [-0.1, -0.05) is 46.2 Å². The van der Waals surface area contributed by atoms with Gasteiger partial charge in [-0.2, -0.15) is 0 Å². The van der Waals surface area contributed by atoms with Crippen molar-refractivity contribution in [1.29, 1.82) is 0 Å². The number of pyridine rings is 1. The second-order valence-corrected chi connectivity index (χ2v) is 6.76. The number of amides is 1. The maximum absolute atomic E-state index is 12.3. The summed E-state index contributed by atoms with van der Waals surface area (Å²) in [6, 6.07) is 2.08. The number of rotatable bonds is 4. The fourth-order valence-electron chi connectivity index (χ4n) is 1.81. The standard InChI is InChI=1S/C15H21ClN2O3/c1-8(2)10-6-9(7-11(16)17-10)13(19)18-12(14(20)21)15(3,4)5/h6-8,12H,1-5H3,(H,18,19)(H,20,21)/t12-/m0/s1. The Kier molecular flexibility index (Phi) is 5.34. The van der Waals surface area contributed by atoms with Crippen molar-refractivity contribution in [1.82, 2.24) is 10.3 Å². The number of nitrogens with zero attached hydrogens (tertiary/aromatic N) is 1. The van der Waals surface area contributed by atoms with E-state index in [0.717, 1.165) is 0 Å². The number of aliphatic carboxylic acids is 1. The van der Waals surface area contributed by atoms with E-state index in [0.29, 0.717) is 11.3 Å². The van der Waals surface area contributed by atoms with E-state index in [2.05, 4.69) is 10.3 Å². The lowest BCUT2D eigenvalue weighted by Gasteiger charge is -2.27. The predicted molar refractivity (Wildman–Crippen MR) is 81.7 cm³/mol. The molecule has 6 heteroatoms. The van der Waals surface area contributed by atoms with Crippen molar-refractivity contribution in [2.75, 3.05) is 0 Å². The minimum atomic E-state index is -1.07. The molecule has 0 spiro atoms. The van der Waals surface area contributed by atoms with Crippen LogP contribution in [0.1, 0.15) is 56.6 Å². The molecule has 0 unspecified atom stereocenters. The van der Waals surface area contributed by atoms with Gasteiger partial charge in [0.25, 0.3) is 5.91 Å². The smallest absolute Gasteiger partial charge is 0.326 e. The lowest BCUT2D eigenvalue weighted by atomic mass is 9.86. The Bertz CT molecular complexity index is 550. The molecule has 21 heavy (non-hydrogen) atoms. The van der Waals surface area contributed by atoms with Gasteiger partial charge >= 0.3 is 5.97 Å². The summed E-state index contributed by atoms with van der Waals surface area (Å²) in [5.41, 5.74) is 0.406. The maximum Gasteiger partial charge on any atom is 0.326 e. The zero-order valence-electron chi connectivity index (χ0n) is 12.9. The molecule has 1 atom stereocenters. The molecule has 0 aromatic carbocycles. The van der Waals surface area contributed by atoms with E-state index < -0.39 is 23.3 Å². The van der Waals surface area contributed by atoms with Crippen LogP contribution < -0.4 is 5.32 Å². The number of aromatic nitrogens is 1. The maximum atomic E-state index is 12.3. The molecule has 1 heterocycles. The van der Waals surface area contributed by atoms with Crippen molar-refractivity contribution in [3.63, 3.8) is 0 Å². The van der Waals surface area contributed by atoms with Crippen molar-refractivity contribution in [2.45, 2.75) is 46.6 Å². The monoisotopic (exact) mass is 312 g/mol. The molecule has 5 nitrogen and oxygen atoms in total. The minimum Gasteiger partial charge on any atom is -0.480 e. The summed E-state index contributed by atoms with van der Waals surface area (Å²) in [6.45, 7) is 9.15. The highest BCUT2D eigenvalue weighted by atomic mass is 35.5. The van der Waals surface area contributed by atoms with Crippen molar-refractivity contribution >= 4 is 23.5 Å². The SMILES string of the molecule is CC(C)c1cc(C(=O)N[C@@H](C(=O)O)C(C)(C)C)cc(Cl)n1. The summed E-state index contributed by atoms with van der Waals surface area (Å²) in [5, 5.41) is 12.0. The fraction of sp³-hybridized carbons (Fsp3) is 0.533. The summed E-state index contributed by atoms with van der Waals surface area (Å²) in [4.78, 5) is 27.7. The van der Waals surface area contributed by atoms with Crippen LogP contribution in [0.15, 0.2) is 12.1 Å². The minimum absolute atomic E-state index is 0.119. The highest BCUT2D eigenvalue weighted by Gasteiger charge is 2.32. The van der Waals surface area contributed by atoms with E-state index in [1.807, 2.05) is 13.8 Å². The molecule has 0 fully saturated rings. The number of carbonyl (C=O) groups is 2. The number of hydrogen-bond acceptors (Lipinski definition) is 3. The molecule has 0 aliphatic carbocycles. The largest absolute Gasteiger partial charge is 0.480 e. The van der Waals surface area contributed by atoms with Gasteiger partial charge in [0.15, 0.2) is 0 Å². The van der Waals surface area contributed by atoms with Crippen LogP contribution in [-0.4, -0.2) is 28.0 Å². The highest BCUT2D eigenvalue weighted by molar-refractivity contribution is 6.29. The van der Waals surface area contributed by atoms with E-state index >= 15 is 0 Å². The summed E-state index contributed by atoms with van der Waals surface area (Å²) in [7, 11) is 0. The molecule has 0 radical (unpaired) electrons. The molecule has 2 N–H and O–H groups in total. The molecule has 0 aliphatic heterocycles. The Labute approximate surface area is 129 Å². The lowest BCUT2D eigenvalue weighted by Crippen LogP contribution is -2.49. The summed E-state index contributed by atoms with van der Waals surface area (Å²) in [6.07, 6.45) is 0. The van der Waals surface area contributed by atoms with E-state index in [-0.39, 0.29) is 11.1 Å². The zero-order chi connectivity index (χ0) is 16.4. The first-order valence-corrected chi connectivity index (χ1v) is 7.11. The number of nitrogens with one attached hydrogen (secondary N) is 1. The van der Waals surface area contributed by atoms with Crippen LogP contribution in [0.3, 0.4) is 0 Å². The van der Waals surface area contributed by atoms with Crippen molar-refractivity contribution in [2.24, 2.45) is 5.41 Å². The van der Waals surface area contributed by atoms with Gasteiger partial charge in [-0.3, -0.25) is 4.79 Å². The molecule has 1 aromatic heterocycles. The number of carboxylic acid groups (broad SMARTS) is 1. The van der Waals surface area contributed by atoms with Gasteiger partial charge in [-0.15, -0.1) is 0 Å². The van der Waals surface area contributed by atoms with Crippen LogP contribution in [0.2, 0.25) is 5.15 Å². The average Bonchev–Trinajstić information content (AvgIpc) is 2.32. The number of halogens is 1. The number of carbonyl (C=O) groups excluding carboxylic acids is 1. The summed E-state index contributed by atoms with van der Waals surface area (Å²) in [5.74, 6) is -1.42. The third-order valence-electron chi connectivity index (χ3n) is 3.06. The van der Waals surface area contributed by atoms with Crippen molar-refractivity contribution in [3.8, 4) is 0 Å². The molecule has 116 valence electrons. The first-order chi connectivity index (χ1) is 9.52. The second kappa shape index (κ2) is 6.43. The van der Waals surface area contributed by atoms with Crippen LogP contribution in [-0.2, 0) is 4.79 Å². The Hall–Kier alpha value is -1.62. The van der Waals surface area contributed by atoms with Gasteiger partial charge in [0.1, 0.15) is 11.2 Å². The van der Waals surface area contributed by atoms with Gasteiger partial charge in [-0.05, 0) is 23.5 Å².